The highest BCUT2D eigenvalue weighted by Crippen LogP contribution is 2.15. The van der Waals surface area contributed by atoms with Crippen molar-refractivity contribution >= 4 is 11.9 Å². The fraction of sp³-hybridized carbons (Fsp3) is 0.738. The molecule has 0 aromatic rings. The predicted molar refractivity (Wildman–Crippen MR) is 288 cm³/mol. The summed E-state index contributed by atoms with van der Waals surface area (Å²) in [6.45, 7) is 7.65. The van der Waals surface area contributed by atoms with Crippen molar-refractivity contribution in [3.63, 3.8) is 0 Å². The summed E-state index contributed by atoms with van der Waals surface area (Å²) in [4.78, 5) is 25.5. The molecule has 0 heterocycles. The van der Waals surface area contributed by atoms with Crippen LogP contribution in [0.4, 0.5) is 0 Å². The fourth-order valence-corrected chi connectivity index (χ4v) is 7.75. The van der Waals surface area contributed by atoms with E-state index in [-0.39, 0.29) is 25.2 Å². The molecule has 0 fully saturated rings. The Hall–Kier alpha value is -2.92. The molecule has 0 saturated carbocycles. The van der Waals surface area contributed by atoms with Crippen LogP contribution in [0.1, 0.15) is 265 Å². The van der Waals surface area contributed by atoms with Crippen molar-refractivity contribution in [3.8, 4) is 0 Å². The third-order valence-electron chi connectivity index (χ3n) is 11.9. The fourth-order valence-electron chi connectivity index (χ4n) is 7.75. The van der Waals surface area contributed by atoms with Gasteiger partial charge in [0.2, 0.25) is 0 Å². The molecule has 5 heteroatoms. The summed E-state index contributed by atoms with van der Waals surface area (Å²) in [5, 5.41) is 0. The minimum Gasteiger partial charge on any atom is -0.462 e. The molecule has 0 bridgehead atoms. The van der Waals surface area contributed by atoms with Gasteiger partial charge in [0.15, 0.2) is 6.10 Å². The van der Waals surface area contributed by atoms with Crippen LogP contribution in [0.5, 0.6) is 0 Å². The van der Waals surface area contributed by atoms with Crippen LogP contribution < -0.4 is 0 Å². The van der Waals surface area contributed by atoms with Crippen LogP contribution in [0.3, 0.4) is 0 Å². The van der Waals surface area contributed by atoms with Crippen molar-refractivity contribution < 1.29 is 23.8 Å². The van der Waals surface area contributed by atoms with Crippen molar-refractivity contribution in [1.82, 2.24) is 0 Å². The molecule has 0 aliphatic rings. The van der Waals surface area contributed by atoms with Gasteiger partial charge in [0, 0.05) is 19.4 Å². The maximum atomic E-state index is 12.8. The molecule has 0 radical (unpaired) electrons. The average molecular weight is 920 g/mol. The molecule has 0 aromatic carbocycles. The molecule has 0 aliphatic carbocycles. The monoisotopic (exact) mass is 919 g/mol. The van der Waals surface area contributed by atoms with E-state index >= 15 is 0 Å². The molecule has 5 nitrogen and oxygen atoms in total. The first-order chi connectivity index (χ1) is 32.6. The first kappa shape index (κ1) is 63.1. The molecule has 0 rings (SSSR count). The normalized spacial score (nSPS) is 12.8. The second-order valence-electron chi connectivity index (χ2n) is 18.5. The molecule has 0 aromatic heterocycles. The first-order valence-electron chi connectivity index (χ1n) is 28.1. The maximum absolute atomic E-state index is 12.8. The Morgan fingerprint density at radius 1 is 0.348 bits per heavy atom. The number of carbonyl (C=O) groups excluding carboxylic acids is 2. The van der Waals surface area contributed by atoms with Crippen LogP contribution in [0, 0.1) is 0 Å². The van der Waals surface area contributed by atoms with E-state index in [1.54, 1.807) is 0 Å². The number of unbranched alkanes of at least 4 members (excludes halogenated alkanes) is 26. The Balaban J connectivity index is 4.37. The largest absolute Gasteiger partial charge is 0.462 e. The molecule has 66 heavy (non-hydrogen) atoms. The number of ether oxygens (including phenoxy) is 3. The number of carbonyl (C=O) groups is 2. The Morgan fingerprint density at radius 3 is 1.17 bits per heavy atom. The smallest absolute Gasteiger partial charge is 0.306 e. The van der Waals surface area contributed by atoms with E-state index in [4.69, 9.17) is 14.2 Å². The van der Waals surface area contributed by atoms with Crippen LogP contribution in [0.25, 0.3) is 0 Å². The highest BCUT2D eigenvalue weighted by atomic mass is 16.6. The summed E-state index contributed by atoms with van der Waals surface area (Å²) in [5.41, 5.74) is 0. The zero-order valence-electron chi connectivity index (χ0n) is 43.7. The molecule has 1 atom stereocenters. The van der Waals surface area contributed by atoms with Gasteiger partial charge in [0.25, 0.3) is 0 Å². The summed E-state index contributed by atoms with van der Waals surface area (Å²) >= 11 is 0. The van der Waals surface area contributed by atoms with Crippen molar-refractivity contribution in [2.75, 3.05) is 19.8 Å². The predicted octanol–water partition coefficient (Wildman–Crippen LogP) is 19.2. The molecule has 0 saturated heterocycles. The minimum atomic E-state index is -0.565. The van der Waals surface area contributed by atoms with Crippen LogP contribution in [0.2, 0.25) is 0 Å². The van der Waals surface area contributed by atoms with E-state index in [2.05, 4.69) is 106 Å². The van der Waals surface area contributed by atoms with E-state index in [1.165, 1.54) is 148 Å². The summed E-state index contributed by atoms with van der Waals surface area (Å²) in [5.74, 6) is -0.467. The highest BCUT2D eigenvalue weighted by Gasteiger charge is 2.17. The van der Waals surface area contributed by atoms with Gasteiger partial charge in [-0.25, -0.2) is 0 Å². The summed E-state index contributed by atoms with van der Waals surface area (Å²) in [6.07, 6.45) is 74.6. The van der Waals surface area contributed by atoms with Gasteiger partial charge in [-0.3, -0.25) is 9.59 Å². The molecule has 0 N–H and O–H groups in total. The van der Waals surface area contributed by atoms with Gasteiger partial charge in [-0.15, -0.1) is 0 Å². The Kier molecular flexibility index (Phi) is 53.9. The molecular formula is C61H106O5. The molecule has 0 spiro atoms. The quantitative estimate of drug-likeness (QED) is 0.0346. The van der Waals surface area contributed by atoms with E-state index in [9.17, 15) is 9.59 Å². The zero-order valence-corrected chi connectivity index (χ0v) is 43.7. The van der Waals surface area contributed by atoms with Gasteiger partial charge in [-0.1, -0.05) is 247 Å². The number of hydrogen-bond donors (Lipinski definition) is 0. The van der Waals surface area contributed by atoms with Crippen LogP contribution in [-0.4, -0.2) is 37.9 Å². The topological polar surface area (TPSA) is 61.8 Å². The van der Waals surface area contributed by atoms with Crippen LogP contribution in [0.15, 0.2) is 85.1 Å². The number of hydrogen-bond acceptors (Lipinski definition) is 5. The van der Waals surface area contributed by atoms with E-state index in [0.29, 0.717) is 19.4 Å². The minimum absolute atomic E-state index is 0.0517. The molecular weight excluding hydrogens is 813 g/mol. The lowest BCUT2D eigenvalue weighted by Gasteiger charge is -2.18. The van der Waals surface area contributed by atoms with Gasteiger partial charge >= 0.3 is 11.9 Å². The molecule has 0 amide bonds. The van der Waals surface area contributed by atoms with Crippen molar-refractivity contribution in [1.29, 1.82) is 0 Å². The lowest BCUT2D eigenvalue weighted by Crippen LogP contribution is -2.30. The Labute approximate surface area is 409 Å². The number of allylic oxidation sites excluding steroid dienone is 14. The van der Waals surface area contributed by atoms with Crippen molar-refractivity contribution in [2.45, 2.75) is 271 Å². The molecule has 380 valence electrons. The SMILES string of the molecule is CC/C=C\C/C=C\C/C=C\C/C=C\C/C=C\CCCC(=O)OCC(COCCCCCCCCCCCCCCCCCC)OC(=O)CCCCCCCCC/C=C\C/C=C\CCCCC. The Morgan fingerprint density at radius 2 is 0.697 bits per heavy atom. The van der Waals surface area contributed by atoms with Crippen LogP contribution >= 0.6 is 0 Å². The van der Waals surface area contributed by atoms with Gasteiger partial charge in [-0.2, -0.15) is 0 Å². The van der Waals surface area contributed by atoms with E-state index in [0.717, 1.165) is 83.5 Å². The van der Waals surface area contributed by atoms with Gasteiger partial charge < -0.3 is 14.2 Å². The summed E-state index contributed by atoms with van der Waals surface area (Å²) in [6, 6.07) is 0. The second-order valence-corrected chi connectivity index (χ2v) is 18.5. The highest BCUT2D eigenvalue weighted by molar-refractivity contribution is 5.70. The standard InChI is InChI=1S/C61H106O5/c1-4-7-10-13-16-19-22-25-28-31-33-36-39-42-45-48-51-54-60(62)65-58-59(57-64-56-53-50-47-44-41-38-35-30-27-24-21-18-15-12-9-6-3)66-61(63)55-52-49-46-43-40-37-34-32-29-26-23-20-17-14-11-8-5-2/h7,10,16-17,19-20,25-26,28-29,33,36,42,45,59H,4-6,8-9,11-15,18,21-24,27,30-32,34-35,37-41,43-44,46-58H2,1-3H3/b10-7-,19-16-,20-17-,28-25-,29-26-,36-33-,45-42-. The van der Waals surface area contributed by atoms with Gasteiger partial charge in [0.1, 0.15) is 6.61 Å². The maximum Gasteiger partial charge on any atom is 0.306 e. The van der Waals surface area contributed by atoms with E-state index < -0.39 is 6.10 Å². The second kappa shape index (κ2) is 56.4. The van der Waals surface area contributed by atoms with Gasteiger partial charge in [-0.05, 0) is 89.9 Å². The van der Waals surface area contributed by atoms with Gasteiger partial charge in [0.05, 0.1) is 6.61 Å². The lowest BCUT2D eigenvalue weighted by molar-refractivity contribution is -0.163. The van der Waals surface area contributed by atoms with E-state index in [1.807, 2.05) is 0 Å². The summed E-state index contributed by atoms with van der Waals surface area (Å²) < 4.78 is 17.4. The average Bonchev–Trinajstić information content (AvgIpc) is 3.32. The van der Waals surface area contributed by atoms with Crippen LogP contribution in [-0.2, 0) is 23.8 Å². The first-order valence-corrected chi connectivity index (χ1v) is 28.1. The lowest BCUT2D eigenvalue weighted by atomic mass is 10.0. The zero-order chi connectivity index (χ0) is 47.7. The molecule has 1 unspecified atom stereocenters. The number of rotatable bonds is 51. The number of esters is 2. The third kappa shape index (κ3) is 53.7. The Bertz CT molecular complexity index is 1220. The van der Waals surface area contributed by atoms with Crippen molar-refractivity contribution in [2.24, 2.45) is 0 Å². The molecule has 0 aliphatic heterocycles. The summed E-state index contributed by atoms with van der Waals surface area (Å²) in [7, 11) is 0. The van der Waals surface area contributed by atoms with Crippen molar-refractivity contribution in [3.05, 3.63) is 85.1 Å². The third-order valence-corrected chi connectivity index (χ3v) is 11.9.